The van der Waals surface area contributed by atoms with Crippen molar-refractivity contribution in [3.63, 3.8) is 0 Å². The molecule has 0 atom stereocenters. The Bertz CT molecular complexity index is 451. The second-order valence-corrected chi connectivity index (χ2v) is 6.26. The van der Waals surface area contributed by atoms with Gasteiger partial charge in [-0.3, -0.25) is 4.90 Å². The predicted octanol–water partition coefficient (Wildman–Crippen LogP) is 4.78. The van der Waals surface area contributed by atoms with E-state index in [1.807, 2.05) is 0 Å². The van der Waals surface area contributed by atoms with E-state index < -0.39 is 0 Å². The second kappa shape index (κ2) is 10.1. The molecule has 3 nitrogen and oxygen atoms in total. The van der Waals surface area contributed by atoms with Gasteiger partial charge in [0.25, 0.3) is 0 Å². The number of aromatic hydroxyl groups is 2. The highest BCUT2D eigenvalue weighted by atomic mass is 79.9. The molecule has 0 unspecified atom stereocenters. The van der Waals surface area contributed by atoms with Crippen LogP contribution in [0, 0.1) is 0 Å². The Morgan fingerprint density at radius 3 is 2.18 bits per heavy atom. The van der Waals surface area contributed by atoms with Crippen LogP contribution in [0.25, 0.3) is 0 Å². The number of unbranched alkanes of at least 4 members (excludes halogenated alkanes) is 6. The van der Waals surface area contributed by atoms with Crippen LogP contribution in [0.3, 0.4) is 0 Å². The topological polar surface area (TPSA) is 43.7 Å². The molecule has 1 aromatic carbocycles. The van der Waals surface area contributed by atoms with Crippen molar-refractivity contribution in [1.29, 1.82) is 0 Å². The van der Waals surface area contributed by atoms with E-state index >= 15 is 0 Å². The Hall–Kier alpha value is -0.740. The van der Waals surface area contributed by atoms with Crippen LogP contribution in [0.2, 0.25) is 0 Å². The number of halogens is 1. The zero-order chi connectivity index (χ0) is 15.1. The first-order valence-electron chi connectivity index (χ1n) is 8.46. The Balaban J connectivity index is 0.00000242. The number of hydrogen-bond acceptors (Lipinski definition) is 3. The third-order valence-electron chi connectivity index (χ3n) is 4.47. The summed E-state index contributed by atoms with van der Waals surface area (Å²) in [6.07, 6.45) is 10.4. The van der Waals surface area contributed by atoms with Gasteiger partial charge in [0.1, 0.15) is 0 Å². The summed E-state index contributed by atoms with van der Waals surface area (Å²) in [6, 6.07) is 3.44. The zero-order valence-corrected chi connectivity index (χ0v) is 15.4. The van der Waals surface area contributed by atoms with Crippen molar-refractivity contribution in [3.05, 3.63) is 23.3 Å². The highest BCUT2D eigenvalue weighted by Gasteiger charge is 2.17. The van der Waals surface area contributed by atoms with E-state index in [9.17, 15) is 10.2 Å². The van der Waals surface area contributed by atoms with Gasteiger partial charge in [-0.2, -0.15) is 0 Å². The van der Waals surface area contributed by atoms with Crippen LogP contribution in [0.15, 0.2) is 12.1 Å². The van der Waals surface area contributed by atoms with Crippen molar-refractivity contribution in [2.24, 2.45) is 0 Å². The number of nitrogens with zero attached hydrogens (tertiary/aromatic N) is 1. The molecule has 0 spiro atoms. The molecular weight excluding hydrogens is 342 g/mol. The molecule has 4 heteroatoms. The Labute approximate surface area is 145 Å². The van der Waals surface area contributed by atoms with Gasteiger partial charge in [0, 0.05) is 13.1 Å². The quantitative estimate of drug-likeness (QED) is 0.510. The first-order valence-corrected chi connectivity index (χ1v) is 8.46. The molecule has 1 heterocycles. The summed E-state index contributed by atoms with van der Waals surface area (Å²) in [6.45, 7) is 5.37. The molecule has 0 saturated heterocycles. The molecule has 22 heavy (non-hydrogen) atoms. The van der Waals surface area contributed by atoms with Crippen LogP contribution < -0.4 is 0 Å². The maximum Gasteiger partial charge on any atom is 0.157 e. The molecule has 0 bridgehead atoms. The molecule has 1 aromatic rings. The molecule has 0 amide bonds. The summed E-state index contributed by atoms with van der Waals surface area (Å²) in [4.78, 5) is 2.46. The molecule has 126 valence electrons. The molecule has 2 N–H and O–H groups in total. The lowest BCUT2D eigenvalue weighted by Crippen LogP contribution is -2.31. The van der Waals surface area contributed by atoms with Gasteiger partial charge in [0.05, 0.1) is 0 Å². The van der Waals surface area contributed by atoms with Gasteiger partial charge in [0.15, 0.2) is 11.5 Å². The third-order valence-corrected chi connectivity index (χ3v) is 4.47. The summed E-state index contributed by atoms with van der Waals surface area (Å²) in [5.41, 5.74) is 2.35. The number of phenolic OH excluding ortho intramolecular Hbond substituents is 2. The predicted molar refractivity (Wildman–Crippen MR) is 97.1 cm³/mol. The van der Waals surface area contributed by atoms with Gasteiger partial charge in [-0.1, -0.05) is 45.4 Å². The second-order valence-electron chi connectivity index (χ2n) is 6.26. The fourth-order valence-corrected chi connectivity index (χ4v) is 3.13. The van der Waals surface area contributed by atoms with Gasteiger partial charge in [0.2, 0.25) is 0 Å². The van der Waals surface area contributed by atoms with Crippen molar-refractivity contribution < 1.29 is 10.2 Å². The summed E-state index contributed by atoms with van der Waals surface area (Å²) in [5, 5.41) is 19.1. The van der Waals surface area contributed by atoms with Crippen LogP contribution in [-0.2, 0) is 13.0 Å². The first kappa shape index (κ1) is 19.3. The Morgan fingerprint density at radius 1 is 0.909 bits per heavy atom. The van der Waals surface area contributed by atoms with Crippen LogP contribution in [0.5, 0.6) is 11.5 Å². The molecule has 0 aliphatic carbocycles. The van der Waals surface area contributed by atoms with E-state index in [-0.39, 0.29) is 28.5 Å². The monoisotopic (exact) mass is 371 g/mol. The van der Waals surface area contributed by atoms with Crippen LogP contribution in [0.1, 0.15) is 63.0 Å². The van der Waals surface area contributed by atoms with Crippen molar-refractivity contribution in [2.75, 3.05) is 13.1 Å². The average Bonchev–Trinajstić information content (AvgIpc) is 2.48. The standard InChI is InChI=1S/C18H29NO2.BrH/c1-2-3-4-5-6-7-8-10-19-11-9-15-12-17(20)18(21)13-16(15)14-19;/h12-13,20-21H,2-11,14H2,1H3;1H. The molecule has 2 rings (SSSR count). The minimum atomic E-state index is 0. The van der Waals surface area contributed by atoms with E-state index in [0.29, 0.717) is 0 Å². The minimum absolute atomic E-state index is 0. The fraction of sp³-hybridized carbons (Fsp3) is 0.667. The van der Waals surface area contributed by atoms with Crippen molar-refractivity contribution in [3.8, 4) is 11.5 Å². The van der Waals surface area contributed by atoms with Gasteiger partial charge >= 0.3 is 0 Å². The Morgan fingerprint density at radius 2 is 1.50 bits per heavy atom. The lowest BCUT2D eigenvalue weighted by molar-refractivity contribution is 0.247. The largest absolute Gasteiger partial charge is 0.504 e. The highest BCUT2D eigenvalue weighted by Crippen LogP contribution is 2.31. The normalized spacial score (nSPS) is 14.4. The van der Waals surface area contributed by atoms with Gasteiger partial charge in [-0.15, -0.1) is 17.0 Å². The van der Waals surface area contributed by atoms with E-state index in [1.54, 1.807) is 12.1 Å². The van der Waals surface area contributed by atoms with E-state index in [4.69, 9.17) is 0 Å². The van der Waals surface area contributed by atoms with Crippen LogP contribution >= 0.6 is 17.0 Å². The summed E-state index contributed by atoms with van der Waals surface area (Å²) >= 11 is 0. The summed E-state index contributed by atoms with van der Waals surface area (Å²) < 4.78 is 0. The number of hydrogen-bond donors (Lipinski definition) is 2. The lowest BCUT2D eigenvalue weighted by atomic mass is 9.98. The SMILES string of the molecule is Br.CCCCCCCCCN1CCc2cc(O)c(O)cc2C1. The highest BCUT2D eigenvalue weighted by molar-refractivity contribution is 8.93. The lowest BCUT2D eigenvalue weighted by Gasteiger charge is -2.29. The van der Waals surface area contributed by atoms with E-state index in [2.05, 4.69) is 11.8 Å². The number of benzene rings is 1. The van der Waals surface area contributed by atoms with Gasteiger partial charge in [-0.05, 0) is 42.6 Å². The van der Waals surface area contributed by atoms with E-state index in [1.165, 1.54) is 56.1 Å². The summed E-state index contributed by atoms with van der Waals surface area (Å²) in [5.74, 6) is 0.0146. The van der Waals surface area contributed by atoms with Crippen molar-refractivity contribution in [2.45, 2.75) is 64.8 Å². The van der Waals surface area contributed by atoms with Gasteiger partial charge < -0.3 is 10.2 Å². The molecule has 0 radical (unpaired) electrons. The third kappa shape index (κ3) is 5.81. The van der Waals surface area contributed by atoms with E-state index in [0.717, 1.165) is 26.1 Å². The maximum absolute atomic E-state index is 9.61. The van der Waals surface area contributed by atoms with Crippen LogP contribution in [0.4, 0.5) is 0 Å². The molecule has 0 aromatic heterocycles. The first-order chi connectivity index (χ1) is 10.2. The average molecular weight is 372 g/mol. The molecule has 1 aliphatic rings. The van der Waals surface area contributed by atoms with Crippen LogP contribution in [-0.4, -0.2) is 28.2 Å². The maximum atomic E-state index is 9.61. The molecule has 1 aliphatic heterocycles. The van der Waals surface area contributed by atoms with Crippen molar-refractivity contribution >= 4 is 17.0 Å². The molecular formula is C18H30BrNO2. The molecule has 0 fully saturated rings. The minimum Gasteiger partial charge on any atom is -0.504 e. The number of fused-ring (bicyclic) bond motifs is 1. The van der Waals surface area contributed by atoms with Gasteiger partial charge in [-0.25, -0.2) is 0 Å². The van der Waals surface area contributed by atoms with Crippen molar-refractivity contribution in [1.82, 2.24) is 4.90 Å². The Kier molecular flexibility index (Phi) is 8.88. The molecule has 0 saturated carbocycles. The fourth-order valence-electron chi connectivity index (χ4n) is 3.13. The number of phenols is 2. The zero-order valence-electron chi connectivity index (χ0n) is 13.7. The smallest absolute Gasteiger partial charge is 0.157 e. The summed E-state index contributed by atoms with van der Waals surface area (Å²) in [7, 11) is 0. The number of rotatable bonds is 8.